The summed E-state index contributed by atoms with van der Waals surface area (Å²) in [6.07, 6.45) is 3.61. The minimum atomic E-state index is -1.02. The number of ether oxygens (including phenoxy) is 1. The van der Waals surface area contributed by atoms with Gasteiger partial charge in [-0.2, -0.15) is 0 Å². The number of benzene rings is 3. The molecule has 158 valence electrons. The van der Waals surface area contributed by atoms with Crippen LogP contribution in [-0.4, -0.2) is 25.6 Å². The second kappa shape index (κ2) is 7.66. The van der Waals surface area contributed by atoms with Crippen LogP contribution in [0.15, 0.2) is 73.1 Å². The van der Waals surface area contributed by atoms with Crippen molar-refractivity contribution in [3.63, 3.8) is 0 Å². The molecular weight excluding hydrogens is 410 g/mol. The predicted molar refractivity (Wildman–Crippen MR) is 118 cm³/mol. The number of rotatable bonds is 4. The van der Waals surface area contributed by atoms with E-state index in [4.69, 9.17) is 4.74 Å². The van der Waals surface area contributed by atoms with E-state index >= 15 is 0 Å². The molecule has 8 heteroatoms. The van der Waals surface area contributed by atoms with Gasteiger partial charge in [0.05, 0.1) is 27.8 Å². The van der Waals surface area contributed by atoms with Gasteiger partial charge >= 0.3 is 5.97 Å². The topological polar surface area (TPSA) is 107 Å². The van der Waals surface area contributed by atoms with Crippen LogP contribution >= 0.6 is 0 Å². The summed E-state index contributed by atoms with van der Waals surface area (Å²) in [5, 5.41) is 20.7. The first kappa shape index (κ1) is 19.5. The molecule has 0 radical (unpaired) electrons. The summed E-state index contributed by atoms with van der Waals surface area (Å²) in [4.78, 5) is 26.7. The molecule has 0 bridgehead atoms. The van der Waals surface area contributed by atoms with Gasteiger partial charge in [-0.1, -0.05) is 30.3 Å². The molecule has 0 saturated heterocycles. The van der Waals surface area contributed by atoms with Crippen LogP contribution in [0.2, 0.25) is 0 Å². The van der Waals surface area contributed by atoms with Crippen molar-refractivity contribution in [2.75, 3.05) is 0 Å². The number of carboxylic acid groups (broad SMARTS) is 1. The number of aromatic nitrogens is 2. The Hall–Kier alpha value is -4.46. The monoisotopic (exact) mass is 427 g/mol. The van der Waals surface area contributed by atoms with Crippen molar-refractivity contribution in [2.45, 2.75) is 13.2 Å². The highest BCUT2D eigenvalue weighted by Crippen LogP contribution is 2.37. The Morgan fingerprint density at radius 1 is 1.16 bits per heavy atom. The maximum absolute atomic E-state index is 11.6. The second-order valence-electron chi connectivity index (χ2n) is 7.41. The average molecular weight is 427 g/mol. The van der Waals surface area contributed by atoms with Crippen molar-refractivity contribution in [3.8, 4) is 5.75 Å². The third kappa shape index (κ3) is 3.37. The fraction of sp³-hybridized carbons (Fsp3) is 0.0833. The van der Waals surface area contributed by atoms with E-state index in [9.17, 15) is 20.0 Å². The van der Waals surface area contributed by atoms with Gasteiger partial charge in [-0.05, 0) is 41.0 Å². The molecule has 5 rings (SSSR count). The zero-order chi connectivity index (χ0) is 22.2. The number of allylic oxidation sites excluding steroid dienone is 1. The number of hydrogen-bond donors (Lipinski definition) is 1. The number of carbonyl (C=O) groups is 1. The quantitative estimate of drug-likeness (QED) is 0.375. The van der Waals surface area contributed by atoms with Crippen molar-refractivity contribution in [3.05, 3.63) is 105 Å². The van der Waals surface area contributed by atoms with Crippen molar-refractivity contribution in [1.82, 2.24) is 9.55 Å². The molecule has 32 heavy (non-hydrogen) atoms. The molecular formula is C24H17N3O5. The highest BCUT2D eigenvalue weighted by molar-refractivity contribution is 5.92. The van der Waals surface area contributed by atoms with Gasteiger partial charge < -0.3 is 14.4 Å². The largest absolute Gasteiger partial charge is 0.488 e. The van der Waals surface area contributed by atoms with Crippen molar-refractivity contribution >= 4 is 28.3 Å². The molecule has 8 nitrogen and oxygen atoms in total. The summed E-state index contributed by atoms with van der Waals surface area (Å²) in [6.45, 7) is 0.755. The first-order valence-electron chi connectivity index (χ1n) is 9.89. The number of nitrogens with zero attached hydrogens (tertiary/aromatic N) is 3. The van der Waals surface area contributed by atoms with E-state index in [0.717, 1.165) is 16.7 Å². The Bertz CT molecular complexity index is 1420. The molecule has 1 aliphatic heterocycles. The first-order valence-corrected chi connectivity index (χ1v) is 9.89. The smallest absolute Gasteiger partial charge is 0.335 e. The molecule has 0 unspecified atom stereocenters. The van der Waals surface area contributed by atoms with Crippen molar-refractivity contribution in [1.29, 1.82) is 0 Å². The molecule has 0 atom stereocenters. The van der Waals surface area contributed by atoms with E-state index in [1.54, 1.807) is 24.5 Å². The lowest BCUT2D eigenvalue weighted by atomic mass is 9.93. The summed E-state index contributed by atoms with van der Waals surface area (Å²) >= 11 is 0. The summed E-state index contributed by atoms with van der Waals surface area (Å²) < 4.78 is 7.79. The number of fused-ring (bicyclic) bond motifs is 3. The van der Waals surface area contributed by atoms with Crippen LogP contribution in [0.1, 0.15) is 27.0 Å². The van der Waals surface area contributed by atoms with Gasteiger partial charge in [0, 0.05) is 24.2 Å². The molecule has 0 spiro atoms. The fourth-order valence-electron chi connectivity index (χ4n) is 3.92. The van der Waals surface area contributed by atoms with Crippen LogP contribution in [0, 0.1) is 10.1 Å². The summed E-state index contributed by atoms with van der Waals surface area (Å²) in [5.74, 6) is -0.416. The molecule has 2 heterocycles. The molecule has 4 aromatic rings. The molecule has 1 N–H and O–H groups in total. The van der Waals surface area contributed by atoms with Gasteiger partial charge in [-0.25, -0.2) is 9.78 Å². The lowest BCUT2D eigenvalue weighted by Gasteiger charge is -2.12. The van der Waals surface area contributed by atoms with Crippen molar-refractivity contribution in [2.24, 2.45) is 0 Å². The molecule has 0 saturated carbocycles. The zero-order valence-electron chi connectivity index (χ0n) is 16.8. The maximum atomic E-state index is 11.6. The zero-order valence-corrected chi connectivity index (χ0v) is 16.8. The maximum Gasteiger partial charge on any atom is 0.335 e. The number of carboxylic acids is 1. The van der Waals surface area contributed by atoms with Gasteiger partial charge in [-0.15, -0.1) is 0 Å². The van der Waals surface area contributed by atoms with Crippen molar-refractivity contribution < 1.29 is 19.6 Å². The van der Waals surface area contributed by atoms with Crippen LogP contribution in [0.5, 0.6) is 5.75 Å². The Kier molecular flexibility index (Phi) is 4.67. The molecule has 0 aliphatic carbocycles. The Morgan fingerprint density at radius 2 is 2.00 bits per heavy atom. The van der Waals surface area contributed by atoms with Crippen LogP contribution in [-0.2, 0) is 13.2 Å². The summed E-state index contributed by atoms with van der Waals surface area (Å²) in [7, 11) is 0. The number of nitro groups is 1. The Balaban J connectivity index is 1.65. The van der Waals surface area contributed by atoms with E-state index < -0.39 is 10.9 Å². The lowest BCUT2D eigenvalue weighted by molar-refractivity contribution is -0.384. The summed E-state index contributed by atoms with van der Waals surface area (Å²) in [6, 6.07) is 17.2. The minimum Gasteiger partial charge on any atom is -0.488 e. The molecule has 1 aliphatic rings. The standard InChI is InChI=1S/C24H17N3O5/c28-24(29)15-5-8-23-20(11-15)19(18-4-2-1-3-16(18)13-32-23)9-10-26-14-25-21-7-6-17(27(30)31)12-22(21)26/h1-9,11-12,14H,10,13H2,(H,28,29). The van der Waals surface area contributed by atoms with Gasteiger partial charge in [0.15, 0.2) is 0 Å². The van der Waals surface area contributed by atoms with E-state index in [1.165, 1.54) is 18.2 Å². The number of aromatic carboxylic acids is 1. The second-order valence-corrected chi connectivity index (χ2v) is 7.41. The third-order valence-electron chi connectivity index (χ3n) is 5.51. The van der Waals surface area contributed by atoms with E-state index in [-0.39, 0.29) is 11.3 Å². The van der Waals surface area contributed by atoms with Gasteiger partial charge in [0.2, 0.25) is 0 Å². The van der Waals surface area contributed by atoms with E-state index in [2.05, 4.69) is 4.98 Å². The Morgan fingerprint density at radius 3 is 2.81 bits per heavy atom. The Labute approximate surface area is 182 Å². The normalized spacial score (nSPS) is 13.8. The number of imidazole rings is 1. The number of non-ortho nitro benzene ring substituents is 1. The van der Waals surface area contributed by atoms with E-state index in [1.807, 2.05) is 34.9 Å². The first-order chi connectivity index (χ1) is 15.5. The van der Waals surface area contributed by atoms with Gasteiger partial charge in [0.25, 0.3) is 5.69 Å². The minimum absolute atomic E-state index is 0.00318. The van der Waals surface area contributed by atoms with Crippen LogP contribution in [0.25, 0.3) is 16.6 Å². The van der Waals surface area contributed by atoms with E-state index in [0.29, 0.717) is 35.5 Å². The fourth-order valence-corrected chi connectivity index (χ4v) is 3.92. The van der Waals surface area contributed by atoms with Gasteiger partial charge in [-0.3, -0.25) is 10.1 Å². The average Bonchev–Trinajstić information content (AvgIpc) is 3.13. The molecule has 0 amide bonds. The van der Waals surface area contributed by atoms with Gasteiger partial charge in [0.1, 0.15) is 12.4 Å². The highest BCUT2D eigenvalue weighted by atomic mass is 16.6. The third-order valence-corrected chi connectivity index (χ3v) is 5.51. The highest BCUT2D eigenvalue weighted by Gasteiger charge is 2.21. The molecule has 0 fully saturated rings. The molecule has 1 aromatic heterocycles. The molecule has 3 aromatic carbocycles. The van der Waals surface area contributed by atoms with Crippen LogP contribution in [0.4, 0.5) is 5.69 Å². The van der Waals surface area contributed by atoms with Crippen LogP contribution in [0.3, 0.4) is 0 Å². The summed E-state index contributed by atoms with van der Waals surface area (Å²) in [5.41, 5.74) is 4.93. The van der Waals surface area contributed by atoms with Crippen LogP contribution < -0.4 is 4.74 Å². The lowest BCUT2D eigenvalue weighted by Crippen LogP contribution is -2.00. The number of nitro benzene ring substituents is 1. The SMILES string of the molecule is O=C(O)c1ccc2c(c1)C(=CCn1cnc3ccc([N+](=O)[O-])cc31)c1ccccc1CO2. The predicted octanol–water partition coefficient (Wildman–Crippen LogP) is 4.67. The number of hydrogen-bond acceptors (Lipinski definition) is 5.